The van der Waals surface area contributed by atoms with E-state index in [9.17, 15) is 43.2 Å². The molecule has 282 valence electrons. The summed E-state index contributed by atoms with van der Waals surface area (Å²) >= 11 is 0. The number of nitrogens with one attached hydrogen (secondary N) is 1. The number of rotatable bonds is 17. The zero-order chi connectivity index (χ0) is 38.3. The first kappa shape index (κ1) is 43.2. The summed E-state index contributed by atoms with van der Waals surface area (Å²) in [5.41, 5.74) is 0. The molecule has 0 aromatic heterocycles. The van der Waals surface area contributed by atoms with Crippen LogP contribution in [0, 0.1) is 0 Å². The van der Waals surface area contributed by atoms with Gasteiger partial charge >= 0.3 is 47.8 Å². The number of likely N-dealkylation sites (N-methyl/N-ethyl adjacent to an activating group) is 1. The Bertz CT molecular complexity index is 1270. The predicted octanol–water partition coefficient (Wildman–Crippen LogP) is -1.05. The molecule has 0 spiro atoms. The average Bonchev–Trinajstić information content (AvgIpc) is 2.96. The number of esters is 8. The number of hydrogen-bond acceptors (Lipinski definition) is 19. The minimum absolute atomic E-state index is 0.00454. The molecule has 1 aliphatic heterocycles. The monoisotopic (exact) mass is 721 g/mol. The molecule has 50 heavy (non-hydrogen) atoms. The molecule has 20 nitrogen and oxygen atoms in total. The number of amides is 1. The molecule has 0 unspecified atom stereocenters. The van der Waals surface area contributed by atoms with Gasteiger partial charge in [0.2, 0.25) is 6.10 Å². The molecule has 0 aromatic carbocycles. The maximum absolute atomic E-state index is 13.3. The van der Waals surface area contributed by atoms with Gasteiger partial charge in [0.15, 0.2) is 36.8 Å². The van der Waals surface area contributed by atoms with Gasteiger partial charge in [-0.2, -0.15) is 0 Å². The van der Waals surface area contributed by atoms with Crippen molar-refractivity contribution in [2.75, 3.05) is 19.8 Å². The van der Waals surface area contributed by atoms with E-state index in [1.54, 1.807) is 0 Å². The fraction of sp³-hybridized carbons (Fsp3) is 0.700. The van der Waals surface area contributed by atoms with Crippen molar-refractivity contribution in [1.82, 2.24) is 5.32 Å². The lowest BCUT2D eigenvalue weighted by Gasteiger charge is -2.46. The second kappa shape index (κ2) is 20.6. The van der Waals surface area contributed by atoms with Gasteiger partial charge in [0.05, 0.1) is 0 Å². The summed E-state index contributed by atoms with van der Waals surface area (Å²) in [6, 6.07) is 0. The first-order valence-electron chi connectivity index (χ1n) is 15.2. The van der Waals surface area contributed by atoms with Crippen LogP contribution in [-0.2, 0) is 90.5 Å². The van der Waals surface area contributed by atoms with Crippen LogP contribution in [0.2, 0.25) is 0 Å². The van der Waals surface area contributed by atoms with Gasteiger partial charge < -0.3 is 52.7 Å². The fourth-order valence-electron chi connectivity index (χ4n) is 4.65. The maximum atomic E-state index is 13.3. The average molecular weight is 722 g/mol. The molecule has 1 aliphatic rings. The van der Waals surface area contributed by atoms with Crippen LogP contribution in [0.1, 0.15) is 62.3 Å². The van der Waals surface area contributed by atoms with Gasteiger partial charge in [-0.25, -0.2) is 0 Å². The van der Waals surface area contributed by atoms with E-state index in [0.29, 0.717) is 0 Å². The molecule has 1 heterocycles. The third-order valence-corrected chi connectivity index (χ3v) is 6.20. The summed E-state index contributed by atoms with van der Waals surface area (Å²) < 4.78 is 54.4. The van der Waals surface area contributed by atoms with Gasteiger partial charge in [-0.15, -0.1) is 0 Å². The van der Waals surface area contributed by atoms with Gasteiger partial charge in [-0.05, 0) is 6.92 Å². The molecule has 1 N–H and O–H groups in total. The van der Waals surface area contributed by atoms with Crippen LogP contribution >= 0.6 is 0 Å². The zero-order valence-electron chi connectivity index (χ0n) is 29.1. The number of hydrogen-bond donors (Lipinski definition) is 1. The van der Waals surface area contributed by atoms with Crippen molar-refractivity contribution >= 4 is 53.7 Å². The molecule has 0 bridgehead atoms. The van der Waals surface area contributed by atoms with Crippen molar-refractivity contribution in [2.45, 2.75) is 117 Å². The number of ether oxygens (including phenoxy) is 10. The Morgan fingerprint density at radius 3 is 1.54 bits per heavy atom. The van der Waals surface area contributed by atoms with Crippen molar-refractivity contribution in [2.24, 2.45) is 0 Å². The second-order valence-electron chi connectivity index (χ2n) is 10.6. The normalized spacial score (nSPS) is 22.1. The lowest BCUT2D eigenvalue weighted by molar-refractivity contribution is -0.331. The number of carbonyl (C=O) groups is 9. The molecule has 1 amide bonds. The molecule has 1 fully saturated rings. The van der Waals surface area contributed by atoms with Crippen LogP contribution in [0.5, 0.6) is 0 Å². The van der Waals surface area contributed by atoms with Gasteiger partial charge in [0.25, 0.3) is 5.91 Å². The maximum Gasteiger partial charge on any atom is 0.303 e. The summed E-state index contributed by atoms with van der Waals surface area (Å²) in [5, 5.41) is 2.40. The second-order valence-corrected chi connectivity index (χ2v) is 10.6. The van der Waals surface area contributed by atoms with E-state index in [0.717, 1.165) is 55.4 Å². The molecule has 0 radical (unpaired) electrons. The highest BCUT2D eigenvalue weighted by Crippen LogP contribution is 2.33. The molecule has 0 saturated carbocycles. The molecular formula is C30H43NO19. The van der Waals surface area contributed by atoms with Crippen molar-refractivity contribution in [3.8, 4) is 0 Å². The molecule has 0 aromatic rings. The molecule has 20 heteroatoms. The minimum atomic E-state index is -2.03. The topological polar surface area (TPSA) is 258 Å². The van der Waals surface area contributed by atoms with E-state index >= 15 is 0 Å². The molecule has 0 aliphatic carbocycles. The first-order chi connectivity index (χ1) is 23.3. The van der Waals surface area contributed by atoms with E-state index < -0.39 is 122 Å². The van der Waals surface area contributed by atoms with Crippen LogP contribution < -0.4 is 5.32 Å². The van der Waals surface area contributed by atoms with Gasteiger partial charge in [-0.1, -0.05) is 0 Å². The van der Waals surface area contributed by atoms with Gasteiger partial charge in [-0.3, -0.25) is 43.2 Å². The summed E-state index contributed by atoms with van der Waals surface area (Å²) in [6.07, 6.45) is -16.6. The van der Waals surface area contributed by atoms with Crippen molar-refractivity contribution < 1.29 is 90.5 Å². The van der Waals surface area contributed by atoms with Crippen LogP contribution in [-0.4, -0.2) is 129 Å². The Hall–Kier alpha value is -4.85. The SMILES string of the molecule is CCNC(=O)[C@H](OC(C)=O)[C@@H](OC(C)=O)[C@H](O[C@@H]1O[C@H](COC(C)=O)[C@@H](OC(C)=O)[C@H](OC(C)=O)[C@H]1OC(C)=O)[C@@H](COC(C)=O)OC(C)=O. The standard InChI is InChI=1S/C30H43NO19/c1-10-31-29(40)27(47-19(8)38)25(45-17(6)36)24(21(43-15(4)34)11-41-13(2)32)50-30-28(48-20(9)39)26(46-18(7)37)23(44-16(5)35)22(49-30)12-42-14(3)33/h21-28,30H,10-12H2,1-9H3,(H,31,40)/t21-,22-,23-,24-,25+,26+,27-,28-,30+/m1/s1. The van der Waals surface area contributed by atoms with Crippen LogP contribution in [0.15, 0.2) is 0 Å². The lowest BCUT2D eigenvalue weighted by Crippen LogP contribution is -2.65. The zero-order valence-corrected chi connectivity index (χ0v) is 29.1. The van der Waals surface area contributed by atoms with E-state index in [1.807, 2.05) is 0 Å². The number of carbonyl (C=O) groups excluding carboxylic acids is 9. The lowest BCUT2D eigenvalue weighted by atomic mass is 9.97. The Morgan fingerprint density at radius 2 is 1.08 bits per heavy atom. The van der Waals surface area contributed by atoms with Crippen LogP contribution in [0.3, 0.4) is 0 Å². The quantitative estimate of drug-likeness (QED) is 0.139. The van der Waals surface area contributed by atoms with Crippen molar-refractivity contribution in [1.29, 1.82) is 0 Å². The smallest absolute Gasteiger partial charge is 0.303 e. The summed E-state index contributed by atoms with van der Waals surface area (Å²) in [5.74, 6) is -8.70. The summed E-state index contributed by atoms with van der Waals surface area (Å²) in [6.45, 7) is 7.88. The Morgan fingerprint density at radius 1 is 0.580 bits per heavy atom. The summed E-state index contributed by atoms with van der Waals surface area (Å²) in [4.78, 5) is 111. The first-order valence-corrected chi connectivity index (χ1v) is 15.2. The van der Waals surface area contributed by atoms with Gasteiger partial charge in [0.1, 0.15) is 25.4 Å². The molecule has 1 rings (SSSR count). The summed E-state index contributed by atoms with van der Waals surface area (Å²) in [7, 11) is 0. The third-order valence-electron chi connectivity index (χ3n) is 6.20. The molecule has 9 atom stereocenters. The van der Waals surface area contributed by atoms with Crippen LogP contribution in [0.25, 0.3) is 0 Å². The molecule has 1 saturated heterocycles. The highest BCUT2D eigenvalue weighted by Gasteiger charge is 2.55. The highest BCUT2D eigenvalue weighted by molar-refractivity contribution is 5.84. The Labute approximate surface area is 286 Å². The highest BCUT2D eigenvalue weighted by atomic mass is 16.8. The van der Waals surface area contributed by atoms with E-state index in [2.05, 4.69) is 5.32 Å². The minimum Gasteiger partial charge on any atom is -0.463 e. The van der Waals surface area contributed by atoms with E-state index in [1.165, 1.54) is 6.92 Å². The third kappa shape index (κ3) is 14.7. The largest absolute Gasteiger partial charge is 0.463 e. The van der Waals surface area contributed by atoms with Crippen molar-refractivity contribution in [3.05, 3.63) is 0 Å². The van der Waals surface area contributed by atoms with E-state index in [-0.39, 0.29) is 6.54 Å². The predicted molar refractivity (Wildman–Crippen MR) is 159 cm³/mol. The van der Waals surface area contributed by atoms with Crippen molar-refractivity contribution in [3.63, 3.8) is 0 Å². The van der Waals surface area contributed by atoms with E-state index in [4.69, 9.17) is 47.4 Å². The fourth-order valence-corrected chi connectivity index (χ4v) is 4.65. The van der Waals surface area contributed by atoms with Gasteiger partial charge in [0, 0.05) is 61.9 Å². The molecular weight excluding hydrogens is 678 g/mol. The van der Waals surface area contributed by atoms with Crippen LogP contribution in [0.4, 0.5) is 0 Å². The Balaban J connectivity index is 4.11. The Kier molecular flexibility index (Phi) is 17.8.